The van der Waals surface area contributed by atoms with E-state index >= 15 is 0 Å². The number of thioether (sulfide) groups is 1. The van der Waals surface area contributed by atoms with Crippen LogP contribution in [-0.2, 0) is 4.79 Å². The molecular weight excluding hydrogens is 251 g/mol. The topological polar surface area (TPSA) is 46.3 Å². The smallest absolute Gasteiger partial charge is 0.233 e. The highest BCUT2D eigenvalue weighted by atomic mass is 32.2. The Morgan fingerprint density at radius 1 is 1.56 bits per heavy atom. The van der Waals surface area contributed by atoms with Crippen molar-refractivity contribution in [3.63, 3.8) is 0 Å². The fourth-order valence-electron chi connectivity index (χ4n) is 1.88. The van der Waals surface area contributed by atoms with Crippen molar-refractivity contribution in [1.82, 2.24) is 4.90 Å². The van der Waals surface area contributed by atoms with Gasteiger partial charge in [-0.25, -0.2) is 4.39 Å². The molecular formula is C13H17FN2OS. The van der Waals surface area contributed by atoms with Crippen LogP contribution in [0.2, 0.25) is 0 Å². The fourth-order valence-corrected chi connectivity index (χ4v) is 2.76. The van der Waals surface area contributed by atoms with E-state index in [1.807, 2.05) is 11.8 Å². The molecule has 0 saturated heterocycles. The maximum Gasteiger partial charge on any atom is 0.233 e. The number of halogens is 1. The van der Waals surface area contributed by atoms with Crippen molar-refractivity contribution in [2.24, 2.45) is 0 Å². The summed E-state index contributed by atoms with van der Waals surface area (Å²) in [6, 6.07) is 4.65. The molecule has 2 N–H and O–H groups in total. The standard InChI is InChI=1S/C13H17FN2OS/c1-2-16(10-4-5-10)13(17)8-18-12-7-9(14)3-6-11(12)15/h3,6-7,10H,2,4-5,8,15H2,1H3. The van der Waals surface area contributed by atoms with Crippen LogP contribution in [0.25, 0.3) is 0 Å². The molecule has 0 aliphatic heterocycles. The van der Waals surface area contributed by atoms with Gasteiger partial charge in [-0.15, -0.1) is 11.8 Å². The lowest BCUT2D eigenvalue weighted by atomic mass is 10.3. The van der Waals surface area contributed by atoms with Gasteiger partial charge in [0.15, 0.2) is 0 Å². The fraction of sp³-hybridized carbons (Fsp3) is 0.462. The molecule has 2 rings (SSSR count). The van der Waals surface area contributed by atoms with Crippen molar-refractivity contribution in [3.8, 4) is 0 Å². The molecule has 0 heterocycles. The second-order valence-electron chi connectivity index (χ2n) is 4.38. The van der Waals surface area contributed by atoms with Crippen LogP contribution in [0.1, 0.15) is 19.8 Å². The Hall–Kier alpha value is -1.23. The first-order chi connectivity index (χ1) is 8.61. The Bertz CT molecular complexity index is 449. The number of nitrogen functional groups attached to an aromatic ring is 1. The quantitative estimate of drug-likeness (QED) is 0.659. The second kappa shape index (κ2) is 5.61. The van der Waals surface area contributed by atoms with Gasteiger partial charge in [-0.1, -0.05) is 0 Å². The first-order valence-electron chi connectivity index (χ1n) is 6.09. The summed E-state index contributed by atoms with van der Waals surface area (Å²) in [5.41, 5.74) is 6.26. The van der Waals surface area contributed by atoms with E-state index < -0.39 is 0 Å². The largest absolute Gasteiger partial charge is 0.398 e. The Morgan fingerprint density at radius 2 is 2.28 bits per heavy atom. The number of hydrogen-bond acceptors (Lipinski definition) is 3. The van der Waals surface area contributed by atoms with Gasteiger partial charge < -0.3 is 10.6 Å². The molecule has 3 nitrogen and oxygen atoms in total. The van der Waals surface area contributed by atoms with Gasteiger partial charge in [-0.2, -0.15) is 0 Å². The van der Waals surface area contributed by atoms with E-state index in [2.05, 4.69) is 0 Å². The van der Waals surface area contributed by atoms with Gasteiger partial charge in [0.2, 0.25) is 5.91 Å². The summed E-state index contributed by atoms with van der Waals surface area (Å²) < 4.78 is 13.1. The third-order valence-electron chi connectivity index (χ3n) is 2.98. The number of nitrogens with two attached hydrogens (primary N) is 1. The summed E-state index contributed by atoms with van der Waals surface area (Å²) in [6.45, 7) is 2.72. The number of hydrogen-bond donors (Lipinski definition) is 1. The van der Waals surface area contributed by atoms with Gasteiger partial charge in [-0.05, 0) is 38.0 Å². The number of carbonyl (C=O) groups is 1. The molecule has 5 heteroatoms. The summed E-state index contributed by atoms with van der Waals surface area (Å²) in [6.07, 6.45) is 2.21. The van der Waals surface area contributed by atoms with Crippen LogP contribution in [0.4, 0.5) is 10.1 Å². The van der Waals surface area contributed by atoms with Gasteiger partial charge in [0, 0.05) is 23.2 Å². The van der Waals surface area contributed by atoms with E-state index in [-0.39, 0.29) is 11.7 Å². The third kappa shape index (κ3) is 3.16. The van der Waals surface area contributed by atoms with Crippen molar-refractivity contribution in [2.75, 3.05) is 18.0 Å². The molecule has 1 aromatic rings. The molecule has 0 radical (unpaired) electrons. The molecule has 0 unspecified atom stereocenters. The molecule has 1 fully saturated rings. The van der Waals surface area contributed by atoms with E-state index in [0.717, 1.165) is 19.4 Å². The number of rotatable bonds is 5. The number of anilines is 1. The summed E-state index contributed by atoms with van der Waals surface area (Å²) in [4.78, 5) is 14.5. The minimum absolute atomic E-state index is 0.105. The Balaban J connectivity index is 1.94. The molecule has 1 aliphatic rings. The summed E-state index contributed by atoms with van der Waals surface area (Å²) in [5, 5.41) is 0. The molecule has 1 saturated carbocycles. The van der Waals surface area contributed by atoms with E-state index in [9.17, 15) is 9.18 Å². The van der Waals surface area contributed by atoms with E-state index in [4.69, 9.17) is 5.73 Å². The molecule has 0 atom stereocenters. The zero-order valence-corrected chi connectivity index (χ0v) is 11.2. The second-order valence-corrected chi connectivity index (χ2v) is 5.40. The average molecular weight is 268 g/mol. The van der Waals surface area contributed by atoms with Crippen molar-refractivity contribution in [2.45, 2.75) is 30.7 Å². The zero-order chi connectivity index (χ0) is 13.1. The number of carbonyl (C=O) groups excluding carboxylic acids is 1. The van der Waals surface area contributed by atoms with E-state index in [0.29, 0.717) is 22.4 Å². The summed E-state index contributed by atoms with van der Waals surface area (Å²) >= 11 is 1.30. The molecule has 0 spiro atoms. The molecule has 1 aromatic carbocycles. The maximum atomic E-state index is 13.1. The Labute approximate surface area is 111 Å². The van der Waals surface area contributed by atoms with Crippen LogP contribution < -0.4 is 5.73 Å². The van der Waals surface area contributed by atoms with Crippen LogP contribution in [0, 0.1) is 5.82 Å². The molecule has 98 valence electrons. The monoisotopic (exact) mass is 268 g/mol. The van der Waals surface area contributed by atoms with Gasteiger partial charge in [0.1, 0.15) is 5.82 Å². The lowest BCUT2D eigenvalue weighted by Gasteiger charge is -2.20. The first-order valence-corrected chi connectivity index (χ1v) is 7.07. The molecule has 1 amide bonds. The minimum atomic E-state index is -0.325. The van der Waals surface area contributed by atoms with Gasteiger partial charge in [0.25, 0.3) is 0 Å². The Morgan fingerprint density at radius 3 is 2.89 bits per heavy atom. The van der Waals surface area contributed by atoms with E-state index in [1.165, 1.54) is 30.0 Å². The zero-order valence-electron chi connectivity index (χ0n) is 10.4. The number of amides is 1. The minimum Gasteiger partial charge on any atom is -0.398 e. The molecule has 1 aliphatic carbocycles. The predicted octanol–water partition coefficient (Wildman–Crippen LogP) is 2.51. The number of benzene rings is 1. The lowest BCUT2D eigenvalue weighted by molar-refractivity contribution is -0.128. The van der Waals surface area contributed by atoms with Crippen LogP contribution in [0.5, 0.6) is 0 Å². The van der Waals surface area contributed by atoms with Crippen LogP contribution in [0.3, 0.4) is 0 Å². The average Bonchev–Trinajstić information content (AvgIpc) is 3.16. The SMILES string of the molecule is CCN(C(=O)CSc1cc(F)ccc1N)C1CC1. The highest BCUT2D eigenvalue weighted by molar-refractivity contribution is 8.00. The molecule has 18 heavy (non-hydrogen) atoms. The Kier molecular flexibility index (Phi) is 4.11. The van der Waals surface area contributed by atoms with Crippen molar-refractivity contribution < 1.29 is 9.18 Å². The highest BCUT2D eigenvalue weighted by Crippen LogP contribution is 2.29. The number of nitrogens with zero attached hydrogens (tertiary/aromatic N) is 1. The van der Waals surface area contributed by atoms with Crippen molar-refractivity contribution >= 4 is 23.4 Å². The van der Waals surface area contributed by atoms with Gasteiger partial charge in [-0.3, -0.25) is 4.79 Å². The van der Waals surface area contributed by atoms with Crippen LogP contribution in [-0.4, -0.2) is 29.1 Å². The van der Waals surface area contributed by atoms with Crippen LogP contribution in [0.15, 0.2) is 23.1 Å². The summed E-state index contributed by atoms with van der Waals surface area (Å²) in [7, 11) is 0. The van der Waals surface area contributed by atoms with Crippen LogP contribution >= 0.6 is 11.8 Å². The lowest BCUT2D eigenvalue weighted by Crippen LogP contribution is -2.34. The molecule has 0 aromatic heterocycles. The first kappa shape index (κ1) is 13.2. The van der Waals surface area contributed by atoms with Crippen molar-refractivity contribution in [1.29, 1.82) is 0 Å². The van der Waals surface area contributed by atoms with E-state index in [1.54, 1.807) is 0 Å². The normalized spacial score (nSPS) is 14.6. The van der Waals surface area contributed by atoms with Crippen molar-refractivity contribution in [3.05, 3.63) is 24.0 Å². The summed E-state index contributed by atoms with van der Waals surface area (Å²) in [5.74, 6) is 0.0974. The predicted molar refractivity (Wildman–Crippen MR) is 71.9 cm³/mol. The van der Waals surface area contributed by atoms with Gasteiger partial charge in [0.05, 0.1) is 5.75 Å². The highest BCUT2D eigenvalue weighted by Gasteiger charge is 2.31. The molecule has 0 bridgehead atoms. The maximum absolute atomic E-state index is 13.1. The van der Waals surface area contributed by atoms with Gasteiger partial charge >= 0.3 is 0 Å². The third-order valence-corrected chi connectivity index (χ3v) is 4.03.